The molecule has 1 atom stereocenters. The Balaban J connectivity index is 1.62. The monoisotopic (exact) mass is 389 g/mol. The Morgan fingerprint density at radius 1 is 1.22 bits per heavy atom. The molecule has 8 heteroatoms. The fraction of sp³-hybridized carbons (Fsp3) is 0.158. The van der Waals surface area contributed by atoms with Crippen LogP contribution in [0.5, 0.6) is 0 Å². The van der Waals surface area contributed by atoms with E-state index in [2.05, 4.69) is 15.3 Å². The molecule has 1 unspecified atom stereocenters. The maximum absolute atomic E-state index is 13.0. The van der Waals surface area contributed by atoms with Crippen molar-refractivity contribution in [3.05, 3.63) is 64.8 Å². The molecule has 4 rings (SSSR count). The largest absolute Gasteiger partial charge is 0.416 e. The molecule has 0 saturated heterocycles. The summed E-state index contributed by atoms with van der Waals surface area (Å²) in [4.78, 5) is 19.8. The molecule has 27 heavy (non-hydrogen) atoms. The predicted molar refractivity (Wildman–Crippen MR) is 98.8 cm³/mol. The first-order valence-corrected chi connectivity index (χ1v) is 9.03. The van der Waals surface area contributed by atoms with E-state index in [4.69, 9.17) is 0 Å². The standard InChI is InChI=1S/C19H14F3N3OS/c1-10(11-2-4-15-16(6-11)24-9-23-15)25-18(26)14-8-27-17-5-3-12(7-13(14)17)19(20,21)22/h2-10H,1H3,(H,23,24)(H,25,26). The normalized spacial score (nSPS) is 13.2. The van der Waals surface area contributed by atoms with E-state index in [0.717, 1.165) is 28.7 Å². The third-order valence-corrected chi connectivity index (χ3v) is 5.40. The number of benzene rings is 2. The minimum atomic E-state index is -4.45. The van der Waals surface area contributed by atoms with Crippen LogP contribution in [-0.2, 0) is 6.18 Å². The molecule has 0 saturated carbocycles. The van der Waals surface area contributed by atoms with Gasteiger partial charge >= 0.3 is 6.18 Å². The van der Waals surface area contributed by atoms with Crippen molar-refractivity contribution in [3.8, 4) is 0 Å². The van der Waals surface area contributed by atoms with Gasteiger partial charge in [-0.05, 0) is 42.8 Å². The number of H-pyrrole nitrogens is 1. The number of carbonyl (C=O) groups is 1. The number of nitrogens with one attached hydrogen (secondary N) is 2. The van der Waals surface area contributed by atoms with Gasteiger partial charge in [-0.1, -0.05) is 6.07 Å². The summed E-state index contributed by atoms with van der Waals surface area (Å²) < 4.78 is 39.6. The molecule has 0 fully saturated rings. The van der Waals surface area contributed by atoms with Gasteiger partial charge in [-0.3, -0.25) is 4.79 Å². The first kappa shape index (κ1) is 17.5. The summed E-state index contributed by atoms with van der Waals surface area (Å²) in [6, 6.07) is 8.74. The average molecular weight is 389 g/mol. The summed E-state index contributed by atoms with van der Waals surface area (Å²) in [7, 11) is 0. The second kappa shape index (κ2) is 6.38. The van der Waals surface area contributed by atoms with Gasteiger partial charge in [0.1, 0.15) is 0 Å². The second-order valence-corrected chi connectivity index (χ2v) is 7.14. The van der Waals surface area contributed by atoms with Gasteiger partial charge in [0.15, 0.2) is 0 Å². The molecule has 4 aromatic rings. The number of nitrogens with zero attached hydrogens (tertiary/aromatic N) is 1. The molecular weight excluding hydrogens is 375 g/mol. The molecule has 1 amide bonds. The number of fused-ring (bicyclic) bond motifs is 2. The van der Waals surface area contributed by atoms with Crippen LogP contribution in [0, 0.1) is 0 Å². The Bertz CT molecular complexity index is 1150. The zero-order chi connectivity index (χ0) is 19.2. The van der Waals surface area contributed by atoms with E-state index in [1.54, 1.807) is 11.7 Å². The summed E-state index contributed by atoms with van der Waals surface area (Å²) in [5.74, 6) is -0.405. The highest BCUT2D eigenvalue weighted by Crippen LogP contribution is 2.34. The molecule has 2 heterocycles. The van der Waals surface area contributed by atoms with Crippen LogP contribution in [-0.4, -0.2) is 15.9 Å². The molecule has 4 nitrogen and oxygen atoms in total. The average Bonchev–Trinajstić information content (AvgIpc) is 3.26. The van der Waals surface area contributed by atoms with Gasteiger partial charge in [-0.25, -0.2) is 4.98 Å². The molecule has 0 radical (unpaired) electrons. The van der Waals surface area contributed by atoms with E-state index in [9.17, 15) is 18.0 Å². The number of rotatable bonds is 3. The van der Waals surface area contributed by atoms with Gasteiger partial charge in [-0.15, -0.1) is 11.3 Å². The maximum atomic E-state index is 13.0. The minimum absolute atomic E-state index is 0.246. The number of aromatic amines is 1. The number of halogens is 3. The van der Waals surface area contributed by atoms with Gasteiger partial charge in [0.2, 0.25) is 0 Å². The second-order valence-electron chi connectivity index (χ2n) is 6.23. The third-order valence-electron chi connectivity index (χ3n) is 4.44. The van der Waals surface area contributed by atoms with Gasteiger partial charge in [-0.2, -0.15) is 13.2 Å². The molecule has 138 valence electrons. The van der Waals surface area contributed by atoms with Crippen molar-refractivity contribution in [1.29, 1.82) is 0 Å². The number of amides is 1. The molecular formula is C19H14F3N3OS. The van der Waals surface area contributed by atoms with E-state index in [0.29, 0.717) is 10.1 Å². The van der Waals surface area contributed by atoms with Crippen molar-refractivity contribution in [1.82, 2.24) is 15.3 Å². The van der Waals surface area contributed by atoms with Crippen molar-refractivity contribution in [3.63, 3.8) is 0 Å². The van der Waals surface area contributed by atoms with E-state index in [-0.39, 0.29) is 11.6 Å². The zero-order valence-electron chi connectivity index (χ0n) is 14.1. The van der Waals surface area contributed by atoms with Gasteiger partial charge in [0.25, 0.3) is 5.91 Å². The first-order chi connectivity index (χ1) is 12.8. The van der Waals surface area contributed by atoms with Crippen LogP contribution in [0.15, 0.2) is 48.1 Å². The molecule has 0 aliphatic carbocycles. The quantitative estimate of drug-likeness (QED) is 0.500. The van der Waals surface area contributed by atoms with Crippen LogP contribution in [0.25, 0.3) is 21.1 Å². The smallest absolute Gasteiger partial charge is 0.345 e. The molecule has 0 bridgehead atoms. The summed E-state index contributed by atoms with van der Waals surface area (Å²) in [5, 5.41) is 4.76. The lowest BCUT2D eigenvalue weighted by Crippen LogP contribution is -2.26. The lowest BCUT2D eigenvalue weighted by Gasteiger charge is -2.14. The Hall–Kier alpha value is -2.87. The third kappa shape index (κ3) is 3.28. The van der Waals surface area contributed by atoms with Gasteiger partial charge in [0, 0.05) is 15.5 Å². The molecule has 0 spiro atoms. The lowest BCUT2D eigenvalue weighted by molar-refractivity contribution is -0.137. The SMILES string of the molecule is CC(NC(=O)c1csc2ccc(C(F)(F)F)cc12)c1ccc2nc[nH]c2c1. The fourth-order valence-corrected chi connectivity index (χ4v) is 3.88. The number of hydrogen-bond donors (Lipinski definition) is 2. The highest BCUT2D eigenvalue weighted by molar-refractivity contribution is 7.17. The lowest BCUT2D eigenvalue weighted by atomic mass is 10.1. The maximum Gasteiger partial charge on any atom is 0.416 e. The fourth-order valence-electron chi connectivity index (χ4n) is 2.96. The number of thiophene rings is 1. The van der Waals surface area contributed by atoms with Gasteiger partial charge < -0.3 is 10.3 Å². The highest BCUT2D eigenvalue weighted by Gasteiger charge is 2.31. The van der Waals surface area contributed by atoms with Crippen molar-refractivity contribution in [2.24, 2.45) is 0 Å². The molecule has 2 aromatic carbocycles. The molecule has 2 N–H and O–H groups in total. The van der Waals surface area contributed by atoms with Crippen molar-refractivity contribution >= 4 is 38.4 Å². The van der Waals surface area contributed by atoms with E-state index < -0.39 is 17.6 Å². The van der Waals surface area contributed by atoms with Gasteiger partial charge in [0.05, 0.1) is 34.5 Å². The predicted octanol–water partition coefficient (Wildman–Crippen LogP) is 5.29. The number of alkyl halides is 3. The summed E-state index contributed by atoms with van der Waals surface area (Å²) in [6.45, 7) is 1.82. The van der Waals surface area contributed by atoms with Crippen LogP contribution in [0.4, 0.5) is 13.2 Å². The minimum Gasteiger partial charge on any atom is -0.345 e. The Morgan fingerprint density at radius 2 is 2.04 bits per heavy atom. The number of carbonyl (C=O) groups excluding carboxylic acids is 1. The molecule has 0 aliphatic heterocycles. The first-order valence-electron chi connectivity index (χ1n) is 8.15. The summed E-state index contributed by atoms with van der Waals surface area (Å²) in [5.41, 5.74) is 2.02. The topological polar surface area (TPSA) is 57.8 Å². The highest BCUT2D eigenvalue weighted by atomic mass is 32.1. The van der Waals surface area contributed by atoms with E-state index >= 15 is 0 Å². The van der Waals surface area contributed by atoms with Crippen LogP contribution in [0.1, 0.15) is 34.5 Å². The van der Waals surface area contributed by atoms with Crippen molar-refractivity contribution in [2.45, 2.75) is 19.1 Å². The van der Waals surface area contributed by atoms with E-state index in [1.165, 1.54) is 17.4 Å². The van der Waals surface area contributed by atoms with E-state index in [1.807, 2.05) is 25.1 Å². The Morgan fingerprint density at radius 3 is 2.81 bits per heavy atom. The van der Waals surface area contributed by atoms with Crippen LogP contribution in [0.3, 0.4) is 0 Å². The number of hydrogen-bond acceptors (Lipinski definition) is 3. The zero-order valence-corrected chi connectivity index (χ0v) is 14.9. The van der Waals surface area contributed by atoms with Crippen molar-refractivity contribution < 1.29 is 18.0 Å². The van der Waals surface area contributed by atoms with Crippen molar-refractivity contribution in [2.75, 3.05) is 0 Å². The number of imidazole rings is 1. The number of aromatic nitrogens is 2. The summed E-state index contributed by atoms with van der Waals surface area (Å²) in [6.07, 6.45) is -2.86. The Labute approximate surface area is 156 Å². The van der Waals surface area contributed by atoms with Crippen LogP contribution < -0.4 is 5.32 Å². The molecule has 2 aromatic heterocycles. The molecule has 0 aliphatic rings. The van der Waals surface area contributed by atoms with Crippen LogP contribution in [0.2, 0.25) is 0 Å². The Kier molecular flexibility index (Phi) is 4.15. The summed E-state index contributed by atoms with van der Waals surface area (Å²) >= 11 is 1.25. The van der Waals surface area contributed by atoms with Crippen LogP contribution >= 0.6 is 11.3 Å².